The Bertz CT molecular complexity index is 836. The molecule has 2 heteroatoms. The normalized spacial score (nSPS) is 13.7. The quantitative estimate of drug-likeness (QED) is 0.660. The Morgan fingerprint density at radius 1 is 0.900 bits per heavy atom. The molecule has 0 saturated heterocycles. The third-order valence-electron chi connectivity index (χ3n) is 4.00. The van der Waals surface area contributed by atoms with Crippen LogP contribution in [0.4, 0.5) is 0 Å². The largest absolute Gasteiger partial charge is 0.294 e. The zero-order valence-corrected chi connectivity index (χ0v) is 11.0. The van der Waals surface area contributed by atoms with E-state index in [1.165, 1.54) is 11.1 Å². The highest BCUT2D eigenvalue weighted by Gasteiger charge is 2.22. The van der Waals surface area contributed by atoms with Gasteiger partial charge in [-0.15, -0.1) is 0 Å². The van der Waals surface area contributed by atoms with Crippen molar-refractivity contribution in [3.05, 3.63) is 65.9 Å². The van der Waals surface area contributed by atoms with E-state index in [1.54, 1.807) is 0 Å². The van der Waals surface area contributed by atoms with E-state index in [9.17, 15) is 4.79 Å². The maximum absolute atomic E-state index is 11.8. The van der Waals surface area contributed by atoms with Gasteiger partial charge in [0.2, 0.25) is 0 Å². The van der Waals surface area contributed by atoms with Crippen molar-refractivity contribution in [1.29, 1.82) is 0 Å². The number of hydrogen-bond donors (Lipinski definition) is 0. The lowest BCUT2D eigenvalue weighted by atomic mass is 9.96. The summed E-state index contributed by atoms with van der Waals surface area (Å²) in [5.41, 5.74) is 5.38. The molecule has 1 aromatic heterocycles. The maximum atomic E-state index is 11.8. The topological polar surface area (TPSA) is 30.0 Å². The Morgan fingerprint density at radius 2 is 1.80 bits per heavy atom. The number of nitrogens with zero attached hydrogens (tertiary/aromatic N) is 1. The predicted molar refractivity (Wildman–Crippen MR) is 79.8 cm³/mol. The van der Waals surface area contributed by atoms with E-state index in [2.05, 4.69) is 35.3 Å². The summed E-state index contributed by atoms with van der Waals surface area (Å²) in [5, 5.41) is 1.14. The zero-order chi connectivity index (χ0) is 13.5. The van der Waals surface area contributed by atoms with Gasteiger partial charge in [0.15, 0.2) is 5.78 Å². The molecule has 3 aromatic rings. The fraction of sp³-hybridized carbons (Fsp3) is 0.111. The maximum Gasteiger partial charge on any atom is 0.163 e. The fourth-order valence-electron chi connectivity index (χ4n) is 3.00. The molecule has 20 heavy (non-hydrogen) atoms. The van der Waals surface area contributed by atoms with Crippen LogP contribution in [0.2, 0.25) is 0 Å². The molecule has 1 aliphatic carbocycles. The number of Topliss-reactive ketones (excluding diaryl/α,β-unsaturated/α-hetero) is 1. The molecular weight excluding hydrogens is 246 g/mol. The number of hydrogen-bond acceptors (Lipinski definition) is 2. The Labute approximate surface area is 117 Å². The summed E-state index contributed by atoms with van der Waals surface area (Å²) in [4.78, 5) is 16.3. The van der Waals surface area contributed by atoms with Crippen LogP contribution in [0.1, 0.15) is 22.3 Å². The molecule has 0 spiro atoms. The lowest BCUT2D eigenvalue weighted by Crippen LogP contribution is -1.92. The minimum atomic E-state index is 0.265. The van der Waals surface area contributed by atoms with Crippen molar-refractivity contribution in [3.63, 3.8) is 0 Å². The fourth-order valence-corrected chi connectivity index (χ4v) is 3.00. The summed E-state index contributed by atoms with van der Waals surface area (Å²) in [5.74, 6) is 0.265. The molecule has 96 valence electrons. The molecule has 0 bridgehead atoms. The van der Waals surface area contributed by atoms with Gasteiger partial charge < -0.3 is 0 Å². The molecule has 0 atom stereocenters. The summed E-state index contributed by atoms with van der Waals surface area (Å²) in [7, 11) is 0. The molecule has 2 nitrogen and oxygen atoms in total. The molecule has 4 rings (SSSR count). The minimum Gasteiger partial charge on any atom is -0.294 e. The van der Waals surface area contributed by atoms with Crippen LogP contribution >= 0.6 is 0 Å². The van der Waals surface area contributed by atoms with E-state index in [-0.39, 0.29) is 5.78 Å². The molecule has 1 heterocycles. The average molecular weight is 259 g/mol. The Morgan fingerprint density at radius 3 is 2.75 bits per heavy atom. The molecule has 2 aromatic carbocycles. The van der Waals surface area contributed by atoms with E-state index in [4.69, 9.17) is 0 Å². The third-order valence-corrected chi connectivity index (χ3v) is 4.00. The third kappa shape index (κ3) is 1.65. The van der Waals surface area contributed by atoms with Crippen LogP contribution < -0.4 is 0 Å². The first-order chi connectivity index (χ1) is 9.83. The summed E-state index contributed by atoms with van der Waals surface area (Å²) in [6, 6.07) is 16.3. The number of benzene rings is 2. The van der Waals surface area contributed by atoms with Gasteiger partial charge in [0.05, 0.1) is 5.52 Å². The number of aromatic nitrogens is 1. The van der Waals surface area contributed by atoms with Gasteiger partial charge in [-0.05, 0) is 35.2 Å². The lowest BCUT2D eigenvalue weighted by molar-refractivity contribution is 0.0994. The molecule has 0 fully saturated rings. The lowest BCUT2D eigenvalue weighted by Gasteiger charge is -2.08. The van der Waals surface area contributed by atoms with Gasteiger partial charge in [-0.3, -0.25) is 9.78 Å². The van der Waals surface area contributed by atoms with Crippen LogP contribution in [0.5, 0.6) is 0 Å². The van der Waals surface area contributed by atoms with Gasteiger partial charge in [-0.2, -0.15) is 0 Å². The first kappa shape index (κ1) is 11.4. The standard InChI is InChI=1S/C18H13NO/c20-18-9-8-15-14(4-1-5-16(15)18)13-7-6-12-3-2-10-19-17(12)11-13/h1-7,10-11H,8-9H2. The molecule has 0 aliphatic heterocycles. The van der Waals surface area contributed by atoms with Crippen LogP contribution in [0.25, 0.3) is 22.0 Å². The summed E-state index contributed by atoms with van der Waals surface area (Å²) < 4.78 is 0. The smallest absolute Gasteiger partial charge is 0.163 e. The Kier molecular flexibility index (Phi) is 2.43. The molecular formula is C18H13NO. The molecule has 0 N–H and O–H groups in total. The average Bonchev–Trinajstić information content (AvgIpc) is 2.88. The van der Waals surface area contributed by atoms with Crippen molar-refractivity contribution in [1.82, 2.24) is 4.98 Å². The van der Waals surface area contributed by atoms with Crippen LogP contribution in [0.3, 0.4) is 0 Å². The van der Waals surface area contributed by atoms with Crippen molar-refractivity contribution in [3.8, 4) is 11.1 Å². The Hall–Kier alpha value is -2.48. The highest BCUT2D eigenvalue weighted by Crippen LogP contribution is 2.33. The van der Waals surface area contributed by atoms with Crippen molar-refractivity contribution < 1.29 is 4.79 Å². The van der Waals surface area contributed by atoms with E-state index < -0.39 is 0 Å². The molecule has 0 unspecified atom stereocenters. The van der Waals surface area contributed by atoms with Gasteiger partial charge >= 0.3 is 0 Å². The second kappa shape index (κ2) is 4.27. The van der Waals surface area contributed by atoms with Crippen molar-refractivity contribution in [2.75, 3.05) is 0 Å². The summed E-state index contributed by atoms with van der Waals surface area (Å²) in [6.07, 6.45) is 3.30. The predicted octanol–water partition coefficient (Wildman–Crippen LogP) is 4.03. The SMILES string of the molecule is O=C1CCc2c1cccc2-c1ccc2cccnc2c1. The molecule has 0 amide bonds. The second-order valence-corrected chi connectivity index (χ2v) is 5.17. The van der Waals surface area contributed by atoms with E-state index >= 15 is 0 Å². The number of rotatable bonds is 1. The number of pyridine rings is 1. The van der Waals surface area contributed by atoms with Gasteiger partial charge in [-0.25, -0.2) is 0 Å². The van der Waals surface area contributed by atoms with Crippen molar-refractivity contribution in [2.24, 2.45) is 0 Å². The van der Waals surface area contributed by atoms with Crippen molar-refractivity contribution >= 4 is 16.7 Å². The molecule has 0 radical (unpaired) electrons. The zero-order valence-electron chi connectivity index (χ0n) is 11.0. The Balaban J connectivity index is 1.94. The van der Waals surface area contributed by atoms with Gasteiger partial charge in [0.25, 0.3) is 0 Å². The van der Waals surface area contributed by atoms with Gasteiger partial charge in [0.1, 0.15) is 0 Å². The highest BCUT2D eigenvalue weighted by molar-refractivity contribution is 6.02. The number of fused-ring (bicyclic) bond motifs is 2. The van der Waals surface area contributed by atoms with E-state index in [0.717, 1.165) is 28.5 Å². The van der Waals surface area contributed by atoms with Gasteiger partial charge in [0, 0.05) is 23.6 Å². The molecule has 0 saturated carbocycles. The van der Waals surface area contributed by atoms with Crippen molar-refractivity contribution in [2.45, 2.75) is 12.8 Å². The van der Waals surface area contributed by atoms with E-state index in [1.807, 2.05) is 24.4 Å². The van der Waals surface area contributed by atoms with Crippen LogP contribution in [0.15, 0.2) is 54.7 Å². The van der Waals surface area contributed by atoms with Crippen LogP contribution in [0, 0.1) is 0 Å². The summed E-state index contributed by atoms with van der Waals surface area (Å²) in [6.45, 7) is 0. The highest BCUT2D eigenvalue weighted by atomic mass is 16.1. The monoisotopic (exact) mass is 259 g/mol. The molecule has 1 aliphatic rings. The minimum absolute atomic E-state index is 0.265. The first-order valence-electron chi connectivity index (χ1n) is 6.83. The number of carbonyl (C=O) groups excluding carboxylic acids is 1. The number of ketones is 1. The number of carbonyl (C=O) groups is 1. The van der Waals surface area contributed by atoms with E-state index in [0.29, 0.717) is 6.42 Å². The second-order valence-electron chi connectivity index (χ2n) is 5.17. The van der Waals surface area contributed by atoms with Crippen LogP contribution in [-0.4, -0.2) is 10.8 Å². The first-order valence-corrected chi connectivity index (χ1v) is 6.83. The summed E-state index contributed by atoms with van der Waals surface area (Å²) >= 11 is 0. The van der Waals surface area contributed by atoms with Crippen LogP contribution in [-0.2, 0) is 6.42 Å². The van der Waals surface area contributed by atoms with Gasteiger partial charge in [-0.1, -0.05) is 36.4 Å².